The molecule has 2 N–H and O–H groups in total. The van der Waals surface area contributed by atoms with Crippen LogP contribution in [0.3, 0.4) is 0 Å². The van der Waals surface area contributed by atoms with Crippen molar-refractivity contribution in [2.75, 3.05) is 4.72 Å². The molecule has 0 atom stereocenters. The van der Waals surface area contributed by atoms with Crippen LogP contribution in [0.2, 0.25) is 0 Å². The number of anilines is 1. The number of sulfonamides is 1. The van der Waals surface area contributed by atoms with E-state index in [0.717, 1.165) is 6.20 Å². The van der Waals surface area contributed by atoms with Crippen LogP contribution in [0.4, 0.5) is 18.9 Å². The van der Waals surface area contributed by atoms with Gasteiger partial charge in [-0.25, -0.2) is 4.98 Å². The lowest BCUT2D eigenvalue weighted by Crippen LogP contribution is -2.22. The summed E-state index contributed by atoms with van der Waals surface area (Å²) in [4.78, 5) is 17.7. The zero-order valence-electron chi connectivity index (χ0n) is 11.0. The Bertz CT molecular complexity index is 1030. The minimum absolute atomic E-state index is 0.287. The van der Waals surface area contributed by atoms with Gasteiger partial charge in [-0.3, -0.25) is 13.9 Å². The second kappa shape index (κ2) is 5.09. The van der Waals surface area contributed by atoms with Crippen LogP contribution in [0.15, 0.2) is 39.9 Å². The van der Waals surface area contributed by atoms with Crippen molar-refractivity contribution in [3.63, 3.8) is 0 Å². The SMILES string of the molecule is O=c1[nH]cc(C(F)(F)F)cc1NS(=O)(=O)c1cnc2sccn12. The first-order valence-corrected chi connectivity index (χ1v) is 8.28. The third kappa shape index (κ3) is 2.82. The van der Waals surface area contributed by atoms with Gasteiger partial charge in [-0.15, -0.1) is 11.3 Å². The van der Waals surface area contributed by atoms with Crippen LogP contribution < -0.4 is 10.3 Å². The van der Waals surface area contributed by atoms with Gasteiger partial charge in [0.1, 0.15) is 5.69 Å². The van der Waals surface area contributed by atoms with Gasteiger partial charge in [0.2, 0.25) is 0 Å². The topological polar surface area (TPSA) is 96.3 Å². The molecule has 7 nitrogen and oxygen atoms in total. The highest BCUT2D eigenvalue weighted by Gasteiger charge is 2.32. The van der Waals surface area contributed by atoms with E-state index in [1.807, 2.05) is 9.71 Å². The van der Waals surface area contributed by atoms with Crippen LogP contribution in [-0.4, -0.2) is 22.8 Å². The Morgan fingerprint density at radius 2 is 2.09 bits per heavy atom. The van der Waals surface area contributed by atoms with Crippen LogP contribution >= 0.6 is 11.3 Å². The summed E-state index contributed by atoms with van der Waals surface area (Å²) in [5.74, 6) is 0. The van der Waals surface area contributed by atoms with E-state index in [1.165, 1.54) is 21.9 Å². The Kier molecular flexibility index (Phi) is 3.44. The summed E-state index contributed by atoms with van der Waals surface area (Å²) in [6.45, 7) is 0. The smallest absolute Gasteiger partial charge is 0.327 e. The van der Waals surface area contributed by atoms with Crippen molar-refractivity contribution in [1.29, 1.82) is 0 Å². The van der Waals surface area contributed by atoms with Gasteiger partial charge in [0.15, 0.2) is 9.99 Å². The van der Waals surface area contributed by atoms with E-state index >= 15 is 0 Å². The van der Waals surface area contributed by atoms with Crippen molar-refractivity contribution in [2.45, 2.75) is 11.2 Å². The van der Waals surface area contributed by atoms with Gasteiger partial charge in [0.05, 0.1) is 11.8 Å². The number of halogens is 3. The predicted molar refractivity (Wildman–Crippen MR) is 75.9 cm³/mol. The standard InChI is InChI=1S/C11H7F3N4O3S2/c12-11(13,14)6-3-7(9(19)15-4-6)17-23(20,21)8-5-16-10-18(8)1-2-22-10/h1-5,17H,(H,15,19). The van der Waals surface area contributed by atoms with Crippen molar-refractivity contribution in [2.24, 2.45) is 0 Å². The highest BCUT2D eigenvalue weighted by molar-refractivity contribution is 7.92. The van der Waals surface area contributed by atoms with E-state index < -0.39 is 33.0 Å². The molecule has 0 spiro atoms. The predicted octanol–water partition coefficient (Wildman–Crippen LogP) is 1.90. The fourth-order valence-corrected chi connectivity index (χ4v) is 3.72. The van der Waals surface area contributed by atoms with E-state index in [9.17, 15) is 26.4 Å². The number of aromatic nitrogens is 3. The second-order valence-corrected chi connectivity index (χ2v) is 6.89. The zero-order valence-corrected chi connectivity index (χ0v) is 12.6. The molecule has 3 aromatic rings. The van der Waals surface area contributed by atoms with Crippen LogP contribution in [0.25, 0.3) is 4.96 Å². The Labute approximate surface area is 130 Å². The van der Waals surface area contributed by atoms with E-state index in [4.69, 9.17) is 0 Å². The summed E-state index contributed by atoms with van der Waals surface area (Å²) in [6.07, 6.45) is -1.76. The van der Waals surface area contributed by atoms with Gasteiger partial charge in [0.25, 0.3) is 15.6 Å². The fourth-order valence-electron chi connectivity index (χ4n) is 1.82. The van der Waals surface area contributed by atoms with E-state index in [2.05, 4.69) is 4.98 Å². The Morgan fingerprint density at radius 3 is 2.78 bits per heavy atom. The third-order valence-corrected chi connectivity index (χ3v) is 4.97. The number of H-pyrrole nitrogens is 1. The highest BCUT2D eigenvalue weighted by Crippen LogP contribution is 2.29. The molecule has 23 heavy (non-hydrogen) atoms. The maximum absolute atomic E-state index is 12.7. The van der Waals surface area contributed by atoms with Crippen molar-refractivity contribution >= 4 is 32.0 Å². The largest absolute Gasteiger partial charge is 0.417 e. The molecule has 0 unspecified atom stereocenters. The molecular weight excluding hydrogens is 357 g/mol. The number of hydrogen-bond donors (Lipinski definition) is 2. The molecular formula is C11H7F3N4O3S2. The summed E-state index contributed by atoms with van der Waals surface area (Å²) in [5.41, 5.74) is -2.90. The Balaban J connectivity index is 2.04. The molecule has 0 aliphatic rings. The molecule has 0 aromatic carbocycles. The molecule has 0 saturated heterocycles. The lowest BCUT2D eigenvalue weighted by molar-refractivity contribution is -0.137. The molecule has 0 aliphatic heterocycles. The number of thiazole rings is 1. The van der Waals surface area contributed by atoms with E-state index in [0.29, 0.717) is 17.2 Å². The zero-order chi connectivity index (χ0) is 16.8. The summed E-state index contributed by atoms with van der Waals surface area (Å²) >= 11 is 1.18. The molecule has 0 fully saturated rings. The van der Waals surface area contributed by atoms with Gasteiger partial charge in [-0.1, -0.05) is 0 Å². The quantitative estimate of drug-likeness (QED) is 0.742. The molecule has 0 aliphatic carbocycles. The number of rotatable bonds is 3. The minimum atomic E-state index is -4.72. The fraction of sp³-hybridized carbons (Fsp3) is 0.0909. The molecule has 3 heterocycles. The maximum atomic E-state index is 12.7. The number of imidazole rings is 1. The number of nitrogens with zero attached hydrogens (tertiary/aromatic N) is 2. The van der Waals surface area contributed by atoms with Crippen molar-refractivity contribution in [3.8, 4) is 0 Å². The molecule has 0 amide bonds. The van der Waals surface area contributed by atoms with Crippen molar-refractivity contribution in [3.05, 3.63) is 46.0 Å². The summed E-state index contributed by atoms with van der Waals surface area (Å²) < 4.78 is 65.7. The minimum Gasteiger partial charge on any atom is -0.327 e. The lowest BCUT2D eigenvalue weighted by Gasteiger charge is -2.10. The van der Waals surface area contributed by atoms with Gasteiger partial charge in [-0.05, 0) is 6.07 Å². The molecule has 0 bridgehead atoms. The number of fused-ring (bicyclic) bond motifs is 1. The number of nitrogens with one attached hydrogen (secondary N) is 2. The molecule has 3 aromatic heterocycles. The second-order valence-electron chi connectivity index (χ2n) is 4.39. The number of hydrogen-bond acceptors (Lipinski definition) is 5. The molecule has 122 valence electrons. The Morgan fingerprint density at radius 1 is 1.35 bits per heavy atom. The third-order valence-electron chi connectivity index (χ3n) is 2.86. The molecule has 3 rings (SSSR count). The number of aromatic amines is 1. The molecule has 12 heteroatoms. The van der Waals surface area contributed by atoms with Crippen molar-refractivity contribution in [1.82, 2.24) is 14.4 Å². The van der Waals surface area contributed by atoms with Gasteiger partial charge in [-0.2, -0.15) is 21.6 Å². The van der Waals surface area contributed by atoms with Crippen LogP contribution in [0.5, 0.6) is 0 Å². The van der Waals surface area contributed by atoms with Gasteiger partial charge in [0, 0.05) is 17.8 Å². The van der Waals surface area contributed by atoms with Crippen molar-refractivity contribution < 1.29 is 21.6 Å². The van der Waals surface area contributed by atoms with Crippen LogP contribution in [-0.2, 0) is 16.2 Å². The monoisotopic (exact) mass is 364 g/mol. The maximum Gasteiger partial charge on any atom is 0.417 e. The lowest BCUT2D eigenvalue weighted by atomic mass is 10.2. The van der Waals surface area contributed by atoms with Gasteiger partial charge >= 0.3 is 6.18 Å². The average molecular weight is 364 g/mol. The molecule has 0 saturated carbocycles. The first-order valence-electron chi connectivity index (χ1n) is 5.92. The Hall–Kier alpha value is -2.34. The van der Waals surface area contributed by atoms with E-state index in [-0.39, 0.29) is 5.03 Å². The molecule has 0 radical (unpaired) electrons. The first-order chi connectivity index (χ1) is 10.7. The van der Waals surface area contributed by atoms with E-state index in [1.54, 1.807) is 5.38 Å². The van der Waals surface area contributed by atoms with Crippen LogP contribution in [0.1, 0.15) is 5.56 Å². The summed E-state index contributed by atoms with van der Waals surface area (Å²) in [6, 6.07) is 0.433. The highest BCUT2D eigenvalue weighted by atomic mass is 32.2. The average Bonchev–Trinajstić information content (AvgIpc) is 3.01. The number of pyridine rings is 1. The van der Waals surface area contributed by atoms with Gasteiger partial charge < -0.3 is 4.98 Å². The number of alkyl halides is 3. The normalized spacial score (nSPS) is 12.7. The van der Waals surface area contributed by atoms with Crippen LogP contribution in [0, 0.1) is 0 Å². The summed E-state index contributed by atoms with van der Waals surface area (Å²) in [5, 5.41) is 1.31. The summed E-state index contributed by atoms with van der Waals surface area (Å²) in [7, 11) is -4.28. The first kappa shape index (κ1) is 15.6.